The molecule has 0 amide bonds. The fourth-order valence-corrected chi connectivity index (χ4v) is 2.31. The third kappa shape index (κ3) is 4.04. The van der Waals surface area contributed by atoms with E-state index in [0.717, 1.165) is 11.4 Å². The number of pyridine rings is 1. The van der Waals surface area contributed by atoms with E-state index in [4.69, 9.17) is 26.8 Å². The van der Waals surface area contributed by atoms with Gasteiger partial charge in [-0.15, -0.1) is 5.10 Å². The largest absolute Gasteiger partial charge is 0.486 e. The van der Waals surface area contributed by atoms with Gasteiger partial charge in [0.25, 0.3) is 0 Å². The van der Waals surface area contributed by atoms with Crippen molar-refractivity contribution in [2.24, 2.45) is 5.73 Å². The SMILES string of the molecule is NCCOc1ccn(-c2ccc(OCc3ccccn3)c(Cl)c2)n1. The molecule has 0 aliphatic carbocycles. The summed E-state index contributed by atoms with van der Waals surface area (Å²) in [5.41, 5.74) is 7.06. The average Bonchev–Trinajstić information content (AvgIpc) is 3.09. The summed E-state index contributed by atoms with van der Waals surface area (Å²) in [4.78, 5) is 4.21. The number of hydrogen-bond acceptors (Lipinski definition) is 5. The summed E-state index contributed by atoms with van der Waals surface area (Å²) < 4.78 is 12.8. The number of nitrogens with two attached hydrogens (primary N) is 1. The smallest absolute Gasteiger partial charge is 0.233 e. The zero-order valence-electron chi connectivity index (χ0n) is 12.9. The van der Waals surface area contributed by atoms with Crippen LogP contribution in [-0.4, -0.2) is 27.9 Å². The van der Waals surface area contributed by atoms with Crippen LogP contribution in [0.5, 0.6) is 11.6 Å². The molecule has 0 unspecified atom stereocenters. The lowest BCUT2D eigenvalue weighted by Crippen LogP contribution is -2.11. The number of ether oxygens (including phenoxy) is 2. The van der Waals surface area contributed by atoms with Gasteiger partial charge in [-0.2, -0.15) is 0 Å². The van der Waals surface area contributed by atoms with Crippen LogP contribution in [0.2, 0.25) is 5.02 Å². The van der Waals surface area contributed by atoms with Gasteiger partial charge in [0.05, 0.1) is 16.4 Å². The molecule has 124 valence electrons. The van der Waals surface area contributed by atoms with Gasteiger partial charge >= 0.3 is 0 Å². The van der Waals surface area contributed by atoms with Crippen molar-refractivity contribution in [2.45, 2.75) is 6.61 Å². The van der Waals surface area contributed by atoms with E-state index in [1.54, 1.807) is 29.2 Å². The van der Waals surface area contributed by atoms with Crippen LogP contribution in [0.4, 0.5) is 0 Å². The van der Waals surface area contributed by atoms with E-state index < -0.39 is 0 Å². The normalized spacial score (nSPS) is 10.6. The van der Waals surface area contributed by atoms with E-state index in [1.807, 2.05) is 30.3 Å². The van der Waals surface area contributed by atoms with Gasteiger partial charge in [-0.05, 0) is 30.3 Å². The highest BCUT2D eigenvalue weighted by Crippen LogP contribution is 2.27. The minimum Gasteiger partial charge on any atom is -0.486 e. The molecule has 0 aliphatic rings. The first-order chi connectivity index (χ1) is 11.8. The molecule has 0 bridgehead atoms. The lowest BCUT2D eigenvalue weighted by atomic mass is 10.3. The number of benzene rings is 1. The van der Waals surface area contributed by atoms with Crippen LogP contribution in [0, 0.1) is 0 Å². The molecule has 0 atom stereocenters. The van der Waals surface area contributed by atoms with Crippen molar-refractivity contribution in [2.75, 3.05) is 13.2 Å². The second-order valence-electron chi connectivity index (χ2n) is 4.96. The molecule has 7 heteroatoms. The predicted molar refractivity (Wildman–Crippen MR) is 91.7 cm³/mol. The summed E-state index contributed by atoms with van der Waals surface area (Å²) in [5, 5.41) is 4.81. The number of halogens is 1. The topological polar surface area (TPSA) is 75.2 Å². The van der Waals surface area contributed by atoms with Crippen molar-refractivity contribution in [3.63, 3.8) is 0 Å². The Balaban J connectivity index is 1.69. The van der Waals surface area contributed by atoms with Crippen LogP contribution in [0.1, 0.15) is 5.69 Å². The van der Waals surface area contributed by atoms with E-state index in [0.29, 0.717) is 36.4 Å². The minimum atomic E-state index is 0.360. The molecule has 0 aliphatic heterocycles. The van der Waals surface area contributed by atoms with Crippen LogP contribution in [0.3, 0.4) is 0 Å². The van der Waals surface area contributed by atoms with Crippen LogP contribution in [0.15, 0.2) is 54.9 Å². The fraction of sp³-hybridized carbons (Fsp3) is 0.176. The van der Waals surface area contributed by atoms with Crippen LogP contribution >= 0.6 is 11.6 Å². The van der Waals surface area contributed by atoms with E-state index in [1.165, 1.54) is 0 Å². The molecule has 2 aromatic heterocycles. The Morgan fingerprint density at radius 2 is 2.04 bits per heavy atom. The Hall–Kier alpha value is -2.57. The number of nitrogens with zero attached hydrogens (tertiary/aromatic N) is 3. The van der Waals surface area contributed by atoms with Gasteiger partial charge in [0.15, 0.2) is 0 Å². The molecule has 0 saturated carbocycles. The molecule has 0 spiro atoms. The van der Waals surface area contributed by atoms with E-state index in [-0.39, 0.29) is 0 Å². The summed E-state index contributed by atoms with van der Waals surface area (Å²) in [6, 6.07) is 12.9. The molecule has 0 radical (unpaired) electrons. The standard InChI is InChI=1S/C17H17ClN4O2/c18-15-11-14(22-9-6-17(21-22)23-10-7-19)4-5-16(15)24-12-13-3-1-2-8-20-13/h1-6,8-9,11H,7,10,12,19H2. The lowest BCUT2D eigenvalue weighted by molar-refractivity contribution is 0.301. The molecular formula is C17H17ClN4O2. The summed E-state index contributed by atoms with van der Waals surface area (Å²) in [6.07, 6.45) is 3.53. The maximum atomic E-state index is 6.30. The van der Waals surface area contributed by atoms with Crippen molar-refractivity contribution in [3.8, 4) is 17.3 Å². The molecular weight excluding hydrogens is 328 g/mol. The summed E-state index contributed by atoms with van der Waals surface area (Å²) in [7, 11) is 0. The second-order valence-corrected chi connectivity index (χ2v) is 5.37. The Bertz CT molecular complexity index is 792. The molecule has 1 aromatic carbocycles. The van der Waals surface area contributed by atoms with Crippen molar-refractivity contribution < 1.29 is 9.47 Å². The maximum absolute atomic E-state index is 6.30. The third-order valence-corrected chi connectivity index (χ3v) is 3.51. The Labute approximate surface area is 144 Å². The van der Waals surface area contributed by atoms with Crippen LogP contribution in [0.25, 0.3) is 5.69 Å². The maximum Gasteiger partial charge on any atom is 0.233 e. The number of hydrogen-bond donors (Lipinski definition) is 1. The van der Waals surface area contributed by atoms with Crippen LogP contribution in [-0.2, 0) is 6.61 Å². The Morgan fingerprint density at radius 1 is 1.12 bits per heavy atom. The molecule has 6 nitrogen and oxygen atoms in total. The first kappa shape index (κ1) is 16.3. The highest BCUT2D eigenvalue weighted by Gasteiger charge is 2.07. The van der Waals surface area contributed by atoms with Crippen LogP contribution < -0.4 is 15.2 Å². The van der Waals surface area contributed by atoms with Gasteiger partial charge in [-0.25, -0.2) is 4.68 Å². The summed E-state index contributed by atoms with van der Waals surface area (Å²) in [6.45, 7) is 1.23. The van der Waals surface area contributed by atoms with Gasteiger partial charge in [-0.1, -0.05) is 17.7 Å². The lowest BCUT2D eigenvalue weighted by Gasteiger charge is -2.09. The van der Waals surface area contributed by atoms with E-state index >= 15 is 0 Å². The molecule has 3 aromatic rings. The van der Waals surface area contributed by atoms with Crippen molar-refractivity contribution in [3.05, 3.63) is 65.6 Å². The molecule has 3 rings (SSSR count). The van der Waals surface area contributed by atoms with Crippen molar-refractivity contribution in [1.29, 1.82) is 0 Å². The predicted octanol–water partition coefficient (Wildman–Crippen LogP) is 2.84. The first-order valence-corrected chi connectivity index (χ1v) is 7.85. The Morgan fingerprint density at radius 3 is 2.79 bits per heavy atom. The number of rotatable bonds is 7. The van der Waals surface area contributed by atoms with E-state index in [9.17, 15) is 0 Å². The second kappa shape index (κ2) is 7.81. The molecule has 0 saturated heterocycles. The van der Waals surface area contributed by atoms with Gasteiger partial charge in [0.1, 0.15) is 19.0 Å². The zero-order chi connectivity index (χ0) is 16.8. The molecule has 2 heterocycles. The summed E-state index contributed by atoms with van der Waals surface area (Å²) in [5.74, 6) is 1.12. The minimum absolute atomic E-state index is 0.360. The Kier molecular flexibility index (Phi) is 5.30. The van der Waals surface area contributed by atoms with Crippen molar-refractivity contribution in [1.82, 2.24) is 14.8 Å². The van der Waals surface area contributed by atoms with Gasteiger partial charge in [-0.3, -0.25) is 4.98 Å². The quantitative estimate of drug-likeness (QED) is 0.713. The number of aromatic nitrogens is 3. The van der Waals surface area contributed by atoms with Gasteiger partial charge in [0, 0.05) is 25.0 Å². The summed E-state index contributed by atoms with van der Waals surface area (Å²) >= 11 is 6.30. The molecule has 24 heavy (non-hydrogen) atoms. The monoisotopic (exact) mass is 344 g/mol. The average molecular weight is 345 g/mol. The zero-order valence-corrected chi connectivity index (χ0v) is 13.7. The van der Waals surface area contributed by atoms with Gasteiger partial charge in [0.2, 0.25) is 5.88 Å². The molecule has 2 N–H and O–H groups in total. The third-order valence-electron chi connectivity index (χ3n) is 3.21. The fourth-order valence-electron chi connectivity index (χ4n) is 2.08. The van der Waals surface area contributed by atoms with Crippen molar-refractivity contribution >= 4 is 11.6 Å². The van der Waals surface area contributed by atoms with Gasteiger partial charge < -0.3 is 15.2 Å². The molecule has 0 fully saturated rings. The van der Waals surface area contributed by atoms with E-state index in [2.05, 4.69) is 10.1 Å². The highest BCUT2D eigenvalue weighted by atomic mass is 35.5. The highest BCUT2D eigenvalue weighted by molar-refractivity contribution is 6.32. The first-order valence-electron chi connectivity index (χ1n) is 7.47.